The molecule has 0 saturated carbocycles. The first-order valence-corrected chi connectivity index (χ1v) is 14.8. The highest BCUT2D eigenvalue weighted by Crippen LogP contribution is 2.43. The van der Waals surface area contributed by atoms with Crippen LogP contribution in [0.25, 0.3) is 16.6 Å². The number of carbonyl (C=O) groups excluding carboxylic acids is 1. The molecule has 6 rings (SSSR count). The third-order valence-corrected chi connectivity index (χ3v) is 9.12. The first-order chi connectivity index (χ1) is 20.0. The lowest BCUT2D eigenvalue weighted by Gasteiger charge is -2.43. The van der Waals surface area contributed by atoms with Crippen molar-refractivity contribution in [1.82, 2.24) is 24.7 Å². The Bertz CT molecular complexity index is 1660. The zero-order valence-corrected chi connectivity index (χ0v) is 24.9. The zero-order valence-electron chi connectivity index (χ0n) is 24.0. The molecule has 42 heavy (non-hydrogen) atoms. The second-order valence-corrected chi connectivity index (χ2v) is 13.0. The van der Waals surface area contributed by atoms with E-state index in [-0.39, 0.29) is 23.1 Å². The van der Waals surface area contributed by atoms with Crippen LogP contribution < -0.4 is 10.2 Å². The van der Waals surface area contributed by atoms with Crippen LogP contribution in [0.4, 0.5) is 10.7 Å². The van der Waals surface area contributed by atoms with Crippen molar-refractivity contribution in [2.24, 2.45) is 5.41 Å². The van der Waals surface area contributed by atoms with Gasteiger partial charge in [-0.2, -0.15) is 0 Å². The van der Waals surface area contributed by atoms with E-state index in [0.717, 1.165) is 52.7 Å². The van der Waals surface area contributed by atoms with Crippen molar-refractivity contribution in [2.45, 2.75) is 68.1 Å². The third-order valence-electron chi connectivity index (χ3n) is 8.03. The van der Waals surface area contributed by atoms with Crippen molar-refractivity contribution in [3.05, 3.63) is 54.6 Å². The molecule has 2 saturated heterocycles. The number of amides is 1. The molecule has 1 amide bonds. The Balaban J connectivity index is 1.22. The van der Waals surface area contributed by atoms with E-state index in [4.69, 9.17) is 14.5 Å². The van der Waals surface area contributed by atoms with Crippen LogP contribution in [0, 0.1) is 5.41 Å². The lowest BCUT2D eigenvalue weighted by molar-refractivity contribution is 0.0433. The molecule has 11 nitrogen and oxygen atoms in total. The summed E-state index contributed by atoms with van der Waals surface area (Å²) >= 11 is 1.49. The maximum absolute atomic E-state index is 12.6. The van der Waals surface area contributed by atoms with Gasteiger partial charge in [-0.3, -0.25) is 9.38 Å². The van der Waals surface area contributed by atoms with Gasteiger partial charge in [0.25, 0.3) is 0 Å². The molecule has 3 aromatic heterocycles. The van der Waals surface area contributed by atoms with Gasteiger partial charge < -0.3 is 24.8 Å². The fraction of sp³-hybridized carbons (Fsp3) is 0.433. The number of benzene rings is 1. The molecule has 0 aliphatic carbocycles. The predicted octanol–water partition coefficient (Wildman–Crippen LogP) is 5.03. The van der Waals surface area contributed by atoms with Crippen LogP contribution in [0.1, 0.15) is 50.9 Å². The molecule has 2 aliphatic rings. The van der Waals surface area contributed by atoms with Gasteiger partial charge in [-0.15, -0.1) is 0 Å². The highest BCUT2D eigenvalue weighted by Gasteiger charge is 2.50. The van der Waals surface area contributed by atoms with Gasteiger partial charge in [0.15, 0.2) is 5.65 Å². The molecule has 220 valence electrons. The van der Waals surface area contributed by atoms with Crippen LogP contribution in [-0.4, -0.2) is 74.0 Å². The third kappa shape index (κ3) is 5.24. The van der Waals surface area contributed by atoms with Crippen LogP contribution in [0.2, 0.25) is 0 Å². The van der Waals surface area contributed by atoms with Gasteiger partial charge >= 0.3 is 12.1 Å². The summed E-state index contributed by atoms with van der Waals surface area (Å²) in [4.78, 5) is 42.1. The summed E-state index contributed by atoms with van der Waals surface area (Å²) in [6.45, 7) is 9.68. The number of carboxylic acids is 1. The van der Waals surface area contributed by atoms with Crippen LogP contribution in [0.5, 0.6) is 0 Å². The molecule has 0 bridgehead atoms. The van der Waals surface area contributed by atoms with Crippen molar-refractivity contribution >= 4 is 46.3 Å². The van der Waals surface area contributed by atoms with Crippen LogP contribution in [-0.2, 0) is 9.47 Å². The Morgan fingerprint density at radius 3 is 2.64 bits per heavy atom. The van der Waals surface area contributed by atoms with Gasteiger partial charge in [-0.25, -0.2) is 19.6 Å². The van der Waals surface area contributed by atoms with Crippen LogP contribution >= 0.6 is 11.8 Å². The second-order valence-electron chi connectivity index (χ2n) is 12.0. The number of fused-ring (bicyclic) bond motifs is 2. The molecule has 12 heteroatoms. The van der Waals surface area contributed by atoms with E-state index in [1.165, 1.54) is 11.8 Å². The summed E-state index contributed by atoms with van der Waals surface area (Å²) in [5, 5.41) is 13.5. The Labute approximate surface area is 247 Å². The molecule has 2 N–H and O–H groups in total. The number of carboxylic acid groups (broad SMARTS) is 1. The quantitative estimate of drug-likeness (QED) is 0.326. The summed E-state index contributed by atoms with van der Waals surface area (Å²) in [6.07, 6.45) is 8.28. The number of piperidine rings is 1. The van der Waals surface area contributed by atoms with Crippen LogP contribution in [0.15, 0.2) is 58.8 Å². The molecule has 1 spiro atoms. The maximum atomic E-state index is 12.6. The number of hydrogen-bond acceptors (Lipinski definition) is 9. The van der Waals surface area contributed by atoms with Crippen molar-refractivity contribution in [2.75, 3.05) is 24.6 Å². The van der Waals surface area contributed by atoms with Gasteiger partial charge in [0, 0.05) is 53.6 Å². The molecular formula is C30H34N6O5S. The smallest absolute Gasteiger partial charge is 0.407 e. The summed E-state index contributed by atoms with van der Waals surface area (Å²) in [5.41, 5.74) is 0.649. The number of hydrogen-bond donors (Lipinski definition) is 2. The van der Waals surface area contributed by atoms with E-state index in [1.807, 2.05) is 56.6 Å². The molecule has 2 aliphatic heterocycles. The number of nitrogens with one attached hydrogen (secondary N) is 1. The van der Waals surface area contributed by atoms with Crippen LogP contribution in [0.3, 0.4) is 0 Å². The Kier molecular flexibility index (Phi) is 7.22. The van der Waals surface area contributed by atoms with E-state index in [2.05, 4.69) is 20.2 Å². The van der Waals surface area contributed by atoms with E-state index in [9.17, 15) is 14.7 Å². The first-order valence-electron chi connectivity index (χ1n) is 14.0. The Morgan fingerprint density at radius 2 is 1.90 bits per heavy atom. The Hall–Kier alpha value is -3.90. The summed E-state index contributed by atoms with van der Waals surface area (Å²) in [7, 11) is 0. The number of nitrogens with zero attached hydrogens (tertiary/aromatic N) is 5. The largest absolute Gasteiger partial charge is 0.478 e. The highest BCUT2D eigenvalue weighted by atomic mass is 32.2. The Morgan fingerprint density at radius 1 is 1.12 bits per heavy atom. The maximum Gasteiger partial charge on any atom is 0.407 e. The minimum absolute atomic E-state index is 0.102. The minimum atomic E-state index is -1.01. The topological polar surface area (TPSA) is 131 Å². The monoisotopic (exact) mass is 590 g/mol. The van der Waals surface area contributed by atoms with Crippen molar-refractivity contribution in [1.29, 1.82) is 0 Å². The van der Waals surface area contributed by atoms with Gasteiger partial charge in [-0.05, 0) is 52.7 Å². The fourth-order valence-corrected chi connectivity index (χ4v) is 7.00. The number of aromatic nitrogens is 4. The molecule has 2 atom stereocenters. The van der Waals surface area contributed by atoms with Gasteiger partial charge in [-0.1, -0.05) is 23.9 Å². The molecule has 1 aromatic carbocycles. The van der Waals surface area contributed by atoms with E-state index >= 15 is 0 Å². The molecule has 0 radical (unpaired) electrons. The average Bonchev–Trinajstić information content (AvgIpc) is 3.55. The normalized spacial score (nSPS) is 20.3. The lowest BCUT2D eigenvalue weighted by Crippen LogP contribution is -2.55. The number of alkyl carbamates (subject to hydrolysis) is 1. The van der Waals surface area contributed by atoms with Gasteiger partial charge in [0.05, 0.1) is 34.7 Å². The number of imidazole rings is 1. The summed E-state index contributed by atoms with van der Waals surface area (Å²) in [5.74, 6) is -0.205. The number of aromatic carboxylic acids is 1. The lowest BCUT2D eigenvalue weighted by atomic mass is 9.73. The first kappa shape index (κ1) is 28.2. The standard InChI is InChI=1S/C30H34N6O5S/c1-18-24(34-28(39)41-29(2,3)4)30(17-40-18)9-13-35(14-10-30)27-33-16-22(25-32-12-15-36(25)27)42-21-8-11-31-23-19(21)6-5-7-20(23)26(37)38/h5-8,11-12,15-16,18,24H,9-10,13-14,17H2,1-4H3,(H,34,39)(H,37,38)/t18-,24+/m0/s1. The summed E-state index contributed by atoms with van der Waals surface area (Å²) < 4.78 is 13.6. The van der Waals surface area contributed by atoms with Crippen molar-refractivity contribution in [3.63, 3.8) is 0 Å². The number of para-hydroxylation sites is 1. The second kappa shape index (κ2) is 10.7. The van der Waals surface area contributed by atoms with E-state index in [1.54, 1.807) is 24.5 Å². The number of carbonyl (C=O) groups is 2. The van der Waals surface area contributed by atoms with Gasteiger partial charge in [0.1, 0.15) is 5.60 Å². The van der Waals surface area contributed by atoms with E-state index in [0.29, 0.717) is 12.1 Å². The number of pyridine rings is 1. The molecule has 4 aromatic rings. The summed E-state index contributed by atoms with van der Waals surface area (Å²) in [6, 6.07) is 6.92. The van der Waals surface area contributed by atoms with Crippen molar-refractivity contribution in [3.8, 4) is 0 Å². The zero-order chi connectivity index (χ0) is 29.6. The van der Waals surface area contributed by atoms with E-state index < -0.39 is 17.7 Å². The minimum Gasteiger partial charge on any atom is -0.478 e. The molecule has 0 unspecified atom stereocenters. The SMILES string of the molecule is C[C@@H]1OCC2(CCN(c3ncc(Sc4ccnc5c(C(=O)O)cccc45)c4nccn34)CC2)[C@@H]1NC(=O)OC(C)(C)C. The molecular weight excluding hydrogens is 556 g/mol. The van der Waals surface area contributed by atoms with Gasteiger partial charge in [0.2, 0.25) is 5.95 Å². The van der Waals surface area contributed by atoms with Crippen molar-refractivity contribution < 1.29 is 24.2 Å². The average molecular weight is 591 g/mol. The highest BCUT2D eigenvalue weighted by molar-refractivity contribution is 7.99. The molecule has 5 heterocycles. The molecule has 2 fully saturated rings. The number of anilines is 1. The predicted molar refractivity (Wildman–Crippen MR) is 158 cm³/mol. The number of ether oxygens (including phenoxy) is 2. The number of rotatable bonds is 5. The fourth-order valence-electron chi connectivity index (χ4n) is 6.01.